The highest BCUT2D eigenvalue weighted by Crippen LogP contribution is 2.37. The van der Waals surface area contributed by atoms with Gasteiger partial charge in [0.05, 0.1) is 10.4 Å². The van der Waals surface area contributed by atoms with Gasteiger partial charge in [0.15, 0.2) is 5.13 Å². The van der Waals surface area contributed by atoms with Crippen molar-refractivity contribution in [1.82, 2.24) is 4.98 Å². The highest BCUT2D eigenvalue weighted by atomic mass is 32.1. The Balaban J connectivity index is 1.96. The molecule has 0 radical (unpaired) electrons. The van der Waals surface area contributed by atoms with Gasteiger partial charge in [0.2, 0.25) is 0 Å². The number of amides is 1. The van der Waals surface area contributed by atoms with Gasteiger partial charge in [-0.1, -0.05) is 29.5 Å². The summed E-state index contributed by atoms with van der Waals surface area (Å²) in [7, 11) is 0. The van der Waals surface area contributed by atoms with Gasteiger partial charge < -0.3 is 0 Å². The summed E-state index contributed by atoms with van der Waals surface area (Å²) in [4.78, 5) is 16.3. The van der Waals surface area contributed by atoms with Gasteiger partial charge in [-0.25, -0.2) is 13.8 Å². The topological polar surface area (TPSA) is 42.0 Å². The molecule has 0 saturated heterocycles. The van der Waals surface area contributed by atoms with Crippen molar-refractivity contribution in [2.75, 3.05) is 5.32 Å². The number of alkyl halides is 3. The van der Waals surface area contributed by atoms with E-state index in [2.05, 4.69) is 16.2 Å². The molecule has 1 heterocycles. The van der Waals surface area contributed by atoms with E-state index in [0.717, 1.165) is 41.7 Å². The van der Waals surface area contributed by atoms with E-state index in [-0.39, 0.29) is 21.3 Å². The van der Waals surface area contributed by atoms with Crippen molar-refractivity contribution in [3.63, 3.8) is 0 Å². The van der Waals surface area contributed by atoms with E-state index in [1.165, 1.54) is 12.1 Å². The lowest BCUT2D eigenvalue weighted by atomic mass is 10.1. The highest BCUT2D eigenvalue weighted by Gasteiger charge is 2.31. The van der Waals surface area contributed by atoms with E-state index in [0.29, 0.717) is 0 Å². The minimum Gasteiger partial charge on any atom is -0.298 e. The van der Waals surface area contributed by atoms with Crippen LogP contribution in [0.5, 0.6) is 0 Å². The molecule has 1 N–H and O–H groups in total. The molecular formula is C19H9F5N2OS. The molecule has 0 unspecified atom stereocenters. The van der Waals surface area contributed by atoms with E-state index in [4.69, 9.17) is 6.42 Å². The number of benzene rings is 2. The van der Waals surface area contributed by atoms with Crippen LogP contribution in [0.15, 0.2) is 42.5 Å². The van der Waals surface area contributed by atoms with Gasteiger partial charge in [-0.15, -0.1) is 6.42 Å². The molecule has 0 atom stereocenters. The third-order valence-electron chi connectivity index (χ3n) is 3.63. The first kappa shape index (κ1) is 19.5. The van der Waals surface area contributed by atoms with Crippen LogP contribution in [0.4, 0.5) is 27.1 Å². The molecule has 0 aliphatic carbocycles. The van der Waals surface area contributed by atoms with Crippen LogP contribution in [-0.4, -0.2) is 10.9 Å². The van der Waals surface area contributed by atoms with Gasteiger partial charge in [-0.2, -0.15) is 13.2 Å². The van der Waals surface area contributed by atoms with Gasteiger partial charge in [0.25, 0.3) is 5.91 Å². The van der Waals surface area contributed by atoms with Crippen LogP contribution in [0, 0.1) is 24.0 Å². The first-order valence-corrected chi connectivity index (χ1v) is 8.43. The van der Waals surface area contributed by atoms with Gasteiger partial charge in [-0.05, 0) is 35.7 Å². The van der Waals surface area contributed by atoms with Gasteiger partial charge in [0.1, 0.15) is 22.9 Å². The Morgan fingerprint density at radius 2 is 1.75 bits per heavy atom. The minimum atomic E-state index is -4.55. The average molecular weight is 408 g/mol. The fourth-order valence-corrected chi connectivity index (χ4v) is 3.30. The second-order valence-corrected chi connectivity index (χ2v) is 6.47. The first-order chi connectivity index (χ1) is 13.2. The number of anilines is 1. The SMILES string of the molecule is C#Cc1nc(NC(=O)c2c(F)cccc2F)sc1-c1cccc(C(F)(F)F)c1. The molecule has 1 amide bonds. The van der Waals surface area contributed by atoms with E-state index >= 15 is 0 Å². The maximum Gasteiger partial charge on any atom is 0.416 e. The fraction of sp³-hybridized carbons (Fsp3) is 0.0526. The molecule has 3 aromatic rings. The maximum absolute atomic E-state index is 13.7. The molecule has 0 bridgehead atoms. The number of nitrogens with one attached hydrogen (secondary N) is 1. The molecule has 2 aromatic carbocycles. The Morgan fingerprint density at radius 3 is 2.36 bits per heavy atom. The number of terminal acetylenes is 1. The Bertz CT molecular complexity index is 1080. The second-order valence-electron chi connectivity index (χ2n) is 5.47. The summed E-state index contributed by atoms with van der Waals surface area (Å²) in [5, 5.41) is 2.12. The van der Waals surface area contributed by atoms with E-state index < -0.39 is 34.8 Å². The Hall–Kier alpha value is -3.25. The monoisotopic (exact) mass is 408 g/mol. The van der Waals surface area contributed by atoms with Crippen LogP contribution in [0.25, 0.3) is 10.4 Å². The maximum atomic E-state index is 13.7. The summed E-state index contributed by atoms with van der Waals surface area (Å²) in [5.41, 5.74) is -1.53. The zero-order valence-corrected chi connectivity index (χ0v) is 14.6. The summed E-state index contributed by atoms with van der Waals surface area (Å²) in [6.07, 6.45) is 0.809. The summed E-state index contributed by atoms with van der Waals surface area (Å²) < 4.78 is 66.2. The molecule has 1 aromatic heterocycles. The van der Waals surface area contributed by atoms with Crippen molar-refractivity contribution >= 4 is 22.4 Å². The second kappa shape index (κ2) is 7.40. The Labute approximate surface area is 159 Å². The molecule has 142 valence electrons. The smallest absolute Gasteiger partial charge is 0.298 e. The number of carbonyl (C=O) groups is 1. The number of aromatic nitrogens is 1. The van der Waals surface area contributed by atoms with Crippen LogP contribution in [0.2, 0.25) is 0 Å². The number of thiazole rings is 1. The van der Waals surface area contributed by atoms with Crippen molar-refractivity contribution in [2.24, 2.45) is 0 Å². The molecule has 0 saturated carbocycles. The quantitative estimate of drug-likeness (QED) is 0.470. The normalized spacial score (nSPS) is 11.1. The van der Waals surface area contributed by atoms with Crippen LogP contribution in [0.3, 0.4) is 0 Å². The van der Waals surface area contributed by atoms with Crippen molar-refractivity contribution in [3.05, 3.63) is 70.9 Å². The predicted octanol–water partition coefficient (Wildman–Crippen LogP) is 5.34. The van der Waals surface area contributed by atoms with Crippen LogP contribution >= 0.6 is 11.3 Å². The average Bonchev–Trinajstić information content (AvgIpc) is 3.04. The molecule has 3 nitrogen and oxygen atoms in total. The highest BCUT2D eigenvalue weighted by molar-refractivity contribution is 7.19. The lowest BCUT2D eigenvalue weighted by Gasteiger charge is -2.07. The summed E-state index contributed by atoms with van der Waals surface area (Å²) >= 11 is 0.793. The molecular weight excluding hydrogens is 399 g/mol. The molecule has 0 spiro atoms. The molecule has 0 fully saturated rings. The lowest BCUT2D eigenvalue weighted by molar-refractivity contribution is -0.137. The predicted molar refractivity (Wildman–Crippen MR) is 94.8 cm³/mol. The molecule has 3 rings (SSSR count). The summed E-state index contributed by atoms with van der Waals surface area (Å²) in [6, 6.07) is 7.37. The lowest BCUT2D eigenvalue weighted by Crippen LogP contribution is -2.15. The minimum absolute atomic E-state index is 0.00590. The van der Waals surface area contributed by atoms with E-state index in [1.54, 1.807) is 0 Å². The Morgan fingerprint density at radius 1 is 1.11 bits per heavy atom. The Kier molecular flexibility index (Phi) is 5.16. The summed E-state index contributed by atoms with van der Waals surface area (Å²) in [6.45, 7) is 0. The first-order valence-electron chi connectivity index (χ1n) is 7.61. The summed E-state index contributed by atoms with van der Waals surface area (Å²) in [5.74, 6) is -0.998. The zero-order valence-electron chi connectivity index (χ0n) is 13.8. The third kappa shape index (κ3) is 3.87. The number of nitrogens with zero attached hydrogens (tertiary/aromatic N) is 1. The fourth-order valence-electron chi connectivity index (χ4n) is 2.38. The van der Waals surface area contributed by atoms with Crippen LogP contribution < -0.4 is 5.32 Å². The van der Waals surface area contributed by atoms with E-state index in [1.807, 2.05) is 0 Å². The van der Waals surface area contributed by atoms with Crippen LogP contribution in [-0.2, 0) is 6.18 Å². The van der Waals surface area contributed by atoms with Gasteiger partial charge >= 0.3 is 6.18 Å². The number of rotatable bonds is 3. The molecule has 0 aliphatic heterocycles. The zero-order chi connectivity index (χ0) is 20.5. The number of halogens is 5. The van der Waals surface area contributed by atoms with Crippen molar-refractivity contribution in [1.29, 1.82) is 0 Å². The largest absolute Gasteiger partial charge is 0.416 e. The van der Waals surface area contributed by atoms with E-state index in [9.17, 15) is 26.7 Å². The number of carbonyl (C=O) groups excluding carboxylic acids is 1. The molecule has 28 heavy (non-hydrogen) atoms. The number of hydrogen-bond donors (Lipinski definition) is 1. The van der Waals surface area contributed by atoms with Crippen molar-refractivity contribution in [3.8, 4) is 22.8 Å². The third-order valence-corrected chi connectivity index (χ3v) is 4.65. The van der Waals surface area contributed by atoms with Gasteiger partial charge in [0, 0.05) is 0 Å². The number of hydrogen-bond acceptors (Lipinski definition) is 3. The molecule has 9 heteroatoms. The standard InChI is InChI=1S/C19H9F5N2OS/c1-2-14-16(10-5-3-6-11(9-10)19(22,23)24)28-18(25-14)26-17(27)15-12(20)7-4-8-13(15)21/h1,3-9H,(H,25,26,27). The van der Waals surface area contributed by atoms with Crippen LogP contribution in [0.1, 0.15) is 21.6 Å². The van der Waals surface area contributed by atoms with Crippen molar-refractivity contribution in [2.45, 2.75) is 6.18 Å². The molecule has 0 aliphatic rings. The van der Waals surface area contributed by atoms with Gasteiger partial charge in [-0.3, -0.25) is 10.1 Å². The van der Waals surface area contributed by atoms with Crippen molar-refractivity contribution < 1.29 is 26.7 Å².